The molecule has 0 aliphatic heterocycles. The van der Waals surface area contributed by atoms with Gasteiger partial charge in [0, 0.05) is 25.0 Å². The van der Waals surface area contributed by atoms with Gasteiger partial charge < -0.3 is 15.8 Å². The molecule has 1 amide bonds. The molecule has 1 saturated carbocycles. The number of hydrogen-bond donors (Lipinski definition) is 2. The first kappa shape index (κ1) is 17.0. The van der Waals surface area contributed by atoms with Gasteiger partial charge in [-0.15, -0.1) is 0 Å². The second-order valence-corrected chi connectivity index (χ2v) is 6.69. The third kappa shape index (κ3) is 3.18. The summed E-state index contributed by atoms with van der Waals surface area (Å²) in [6.07, 6.45) is 2.54. The summed E-state index contributed by atoms with van der Waals surface area (Å²) in [5.74, 6) is -0.0542. The SMILES string of the molecule is CCOC1CC(N)(C(=O)NCCCc2ccccc2)C1(C)C. The van der Waals surface area contributed by atoms with Crippen LogP contribution in [0.1, 0.15) is 39.2 Å². The van der Waals surface area contributed by atoms with Crippen molar-refractivity contribution in [1.82, 2.24) is 5.32 Å². The Morgan fingerprint density at radius 3 is 2.64 bits per heavy atom. The average molecular weight is 304 g/mol. The number of aryl methyl sites for hydroxylation is 1. The zero-order valence-electron chi connectivity index (χ0n) is 13.9. The summed E-state index contributed by atoms with van der Waals surface area (Å²) in [6.45, 7) is 7.31. The number of benzene rings is 1. The van der Waals surface area contributed by atoms with Gasteiger partial charge in [0.1, 0.15) is 5.54 Å². The van der Waals surface area contributed by atoms with E-state index in [0.717, 1.165) is 12.8 Å². The van der Waals surface area contributed by atoms with Crippen LogP contribution in [-0.4, -0.2) is 30.7 Å². The van der Waals surface area contributed by atoms with Gasteiger partial charge in [-0.05, 0) is 25.3 Å². The Morgan fingerprint density at radius 2 is 2.05 bits per heavy atom. The maximum absolute atomic E-state index is 12.4. The van der Waals surface area contributed by atoms with E-state index >= 15 is 0 Å². The quantitative estimate of drug-likeness (QED) is 0.760. The lowest BCUT2D eigenvalue weighted by atomic mass is 9.54. The Kier molecular flexibility index (Phi) is 5.24. The molecule has 3 N–H and O–H groups in total. The average Bonchev–Trinajstić information content (AvgIpc) is 2.52. The summed E-state index contributed by atoms with van der Waals surface area (Å²) in [6, 6.07) is 10.3. The van der Waals surface area contributed by atoms with Gasteiger partial charge in [-0.25, -0.2) is 0 Å². The molecule has 2 unspecified atom stereocenters. The van der Waals surface area contributed by atoms with E-state index in [1.165, 1.54) is 5.56 Å². The summed E-state index contributed by atoms with van der Waals surface area (Å²) < 4.78 is 5.66. The molecule has 4 nitrogen and oxygen atoms in total. The molecule has 4 heteroatoms. The van der Waals surface area contributed by atoms with Crippen LogP contribution < -0.4 is 11.1 Å². The van der Waals surface area contributed by atoms with Gasteiger partial charge in [0.25, 0.3) is 0 Å². The molecule has 1 aliphatic carbocycles. The number of amides is 1. The van der Waals surface area contributed by atoms with E-state index in [1.54, 1.807) is 0 Å². The molecule has 122 valence electrons. The minimum Gasteiger partial charge on any atom is -0.378 e. The summed E-state index contributed by atoms with van der Waals surface area (Å²) in [5, 5.41) is 2.99. The molecule has 0 radical (unpaired) electrons. The second-order valence-electron chi connectivity index (χ2n) is 6.69. The maximum Gasteiger partial charge on any atom is 0.240 e. The van der Waals surface area contributed by atoms with Crippen LogP contribution in [0.15, 0.2) is 30.3 Å². The first-order valence-electron chi connectivity index (χ1n) is 8.14. The van der Waals surface area contributed by atoms with Crippen LogP contribution in [0.5, 0.6) is 0 Å². The Hall–Kier alpha value is -1.39. The monoisotopic (exact) mass is 304 g/mol. The molecule has 0 spiro atoms. The zero-order valence-corrected chi connectivity index (χ0v) is 13.9. The van der Waals surface area contributed by atoms with Gasteiger partial charge in [0.05, 0.1) is 6.10 Å². The first-order valence-corrected chi connectivity index (χ1v) is 8.14. The zero-order chi connectivity index (χ0) is 16.2. The lowest BCUT2D eigenvalue weighted by Gasteiger charge is -2.57. The van der Waals surface area contributed by atoms with Crippen molar-refractivity contribution in [3.05, 3.63) is 35.9 Å². The number of rotatable bonds is 7. The third-order valence-corrected chi connectivity index (χ3v) is 5.01. The molecule has 1 aromatic rings. The van der Waals surface area contributed by atoms with E-state index in [2.05, 4.69) is 17.4 Å². The normalized spacial score (nSPS) is 26.3. The highest BCUT2D eigenvalue weighted by Gasteiger charge is 2.62. The van der Waals surface area contributed by atoms with Crippen molar-refractivity contribution >= 4 is 5.91 Å². The predicted molar refractivity (Wildman–Crippen MR) is 88.5 cm³/mol. The molecule has 0 saturated heterocycles. The lowest BCUT2D eigenvalue weighted by Crippen LogP contribution is -2.75. The van der Waals surface area contributed by atoms with Gasteiger partial charge in [0.2, 0.25) is 5.91 Å². The highest BCUT2D eigenvalue weighted by atomic mass is 16.5. The molecule has 1 aliphatic rings. The van der Waals surface area contributed by atoms with Crippen molar-refractivity contribution in [3.8, 4) is 0 Å². The Labute approximate surface area is 133 Å². The molecule has 2 atom stereocenters. The van der Waals surface area contributed by atoms with Crippen LogP contribution in [0.2, 0.25) is 0 Å². The van der Waals surface area contributed by atoms with Crippen molar-refractivity contribution in [2.24, 2.45) is 11.1 Å². The van der Waals surface area contributed by atoms with E-state index in [1.807, 2.05) is 39.0 Å². The van der Waals surface area contributed by atoms with Gasteiger partial charge in [-0.2, -0.15) is 0 Å². The largest absolute Gasteiger partial charge is 0.378 e. The van der Waals surface area contributed by atoms with Crippen molar-refractivity contribution in [1.29, 1.82) is 0 Å². The number of carbonyl (C=O) groups is 1. The number of nitrogens with two attached hydrogens (primary N) is 1. The van der Waals surface area contributed by atoms with Crippen molar-refractivity contribution in [2.75, 3.05) is 13.2 Å². The minimum atomic E-state index is -0.820. The predicted octanol–water partition coefficient (Wildman–Crippen LogP) is 2.27. The highest BCUT2D eigenvalue weighted by Crippen LogP contribution is 2.49. The van der Waals surface area contributed by atoms with Crippen molar-refractivity contribution in [2.45, 2.75) is 51.7 Å². The third-order valence-electron chi connectivity index (χ3n) is 5.01. The number of hydrogen-bond acceptors (Lipinski definition) is 3. The second kappa shape index (κ2) is 6.80. The van der Waals surface area contributed by atoms with E-state index in [4.69, 9.17) is 10.5 Å². The van der Waals surface area contributed by atoms with E-state index in [0.29, 0.717) is 19.6 Å². The summed E-state index contributed by atoms with van der Waals surface area (Å²) in [7, 11) is 0. The lowest BCUT2D eigenvalue weighted by molar-refractivity contribution is -0.170. The minimum absolute atomic E-state index is 0.0542. The van der Waals surface area contributed by atoms with Crippen molar-refractivity contribution in [3.63, 3.8) is 0 Å². The number of nitrogens with one attached hydrogen (secondary N) is 1. The van der Waals surface area contributed by atoms with Gasteiger partial charge in [0.15, 0.2) is 0 Å². The van der Waals surface area contributed by atoms with E-state index in [-0.39, 0.29) is 17.4 Å². The van der Waals surface area contributed by atoms with Crippen LogP contribution in [0.25, 0.3) is 0 Å². The fraction of sp³-hybridized carbons (Fsp3) is 0.611. The fourth-order valence-electron chi connectivity index (χ4n) is 3.12. The van der Waals surface area contributed by atoms with E-state index in [9.17, 15) is 4.79 Å². The number of ether oxygens (including phenoxy) is 1. The molecular formula is C18H28N2O2. The molecule has 0 aromatic heterocycles. The molecule has 2 rings (SSSR count). The summed E-state index contributed by atoms with van der Waals surface area (Å²) >= 11 is 0. The summed E-state index contributed by atoms with van der Waals surface area (Å²) in [5.41, 5.74) is 6.49. The molecule has 1 aromatic carbocycles. The maximum atomic E-state index is 12.4. The molecule has 1 fully saturated rings. The van der Waals surface area contributed by atoms with Crippen LogP contribution >= 0.6 is 0 Å². The standard InChI is InChI=1S/C18H28N2O2/c1-4-22-15-13-18(19,17(15,2)3)16(21)20-12-8-11-14-9-6-5-7-10-14/h5-7,9-10,15H,4,8,11-13,19H2,1-3H3,(H,20,21). The topological polar surface area (TPSA) is 64.3 Å². The molecule has 0 heterocycles. The van der Waals surface area contributed by atoms with Gasteiger partial charge in [-0.1, -0.05) is 44.2 Å². The molecule has 22 heavy (non-hydrogen) atoms. The Balaban J connectivity index is 1.78. The van der Waals surface area contributed by atoms with Crippen LogP contribution in [0, 0.1) is 5.41 Å². The van der Waals surface area contributed by atoms with Crippen LogP contribution in [0.3, 0.4) is 0 Å². The van der Waals surface area contributed by atoms with Crippen LogP contribution in [0.4, 0.5) is 0 Å². The first-order chi connectivity index (χ1) is 10.4. The van der Waals surface area contributed by atoms with Gasteiger partial charge >= 0.3 is 0 Å². The fourth-order valence-corrected chi connectivity index (χ4v) is 3.12. The van der Waals surface area contributed by atoms with E-state index < -0.39 is 5.54 Å². The smallest absolute Gasteiger partial charge is 0.240 e. The number of carbonyl (C=O) groups excluding carboxylic acids is 1. The van der Waals surface area contributed by atoms with Crippen LogP contribution in [-0.2, 0) is 16.0 Å². The molecular weight excluding hydrogens is 276 g/mol. The Morgan fingerprint density at radius 1 is 1.36 bits per heavy atom. The Bertz CT molecular complexity index is 501. The van der Waals surface area contributed by atoms with Gasteiger partial charge in [-0.3, -0.25) is 4.79 Å². The molecule has 0 bridgehead atoms. The highest BCUT2D eigenvalue weighted by molar-refractivity contribution is 5.88. The van der Waals surface area contributed by atoms with Crippen molar-refractivity contribution < 1.29 is 9.53 Å². The summed E-state index contributed by atoms with van der Waals surface area (Å²) in [4.78, 5) is 12.4.